The maximum atomic E-state index is 8.98. The van der Waals surface area contributed by atoms with Gasteiger partial charge in [-0.15, -0.1) is 0 Å². The SMILES string of the molecule is COc1cc(C)c(Cl)cc1C(N)C(N)CO. The molecule has 1 rings (SSSR count). The van der Waals surface area contributed by atoms with Crippen LogP contribution in [0.3, 0.4) is 0 Å². The van der Waals surface area contributed by atoms with Gasteiger partial charge in [-0.25, -0.2) is 0 Å². The maximum absolute atomic E-state index is 8.98. The molecular formula is C11H17ClN2O2. The summed E-state index contributed by atoms with van der Waals surface area (Å²) in [4.78, 5) is 0. The van der Waals surface area contributed by atoms with Crippen molar-refractivity contribution in [3.8, 4) is 5.75 Å². The summed E-state index contributed by atoms with van der Waals surface area (Å²) in [6, 6.07) is 2.50. The third-order valence-corrected chi connectivity index (χ3v) is 2.95. The second kappa shape index (κ2) is 5.50. The van der Waals surface area contributed by atoms with Gasteiger partial charge in [0.05, 0.1) is 19.8 Å². The summed E-state index contributed by atoms with van der Waals surface area (Å²) in [5.74, 6) is 0.637. The molecule has 2 unspecified atom stereocenters. The van der Waals surface area contributed by atoms with E-state index in [9.17, 15) is 0 Å². The van der Waals surface area contributed by atoms with E-state index in [1.165, 1.54) is 0 Å². The number of aryl methyl sites for hydroxylation is 1. The Kier molecular flexibility index (Phi) is 4.56. The van der Waals surface area contributed by atoms with Crippen LogP contribution in [0.4, 0.5) is 0 Å². The molecule has 4 nitrogen and oxygen atoms in total. The lowest BCUT2D eigenvalue weighted by Gasteiger charge is -2.21. The van der Waals surface area contributed by atoms with Gasteiger partial charge in [-0.3, -0.25) is 0 Å². The lowest BCUT2D eigenvalue weighted by atomic mass is 9.99. The molecule has 0 aliphatic rings. The fourth-order valence-electron chi connectivity index (χ4n) is 1.45. The van der Waals surface area contributed by atoms with Gasteiger partial charge in [-0.05, 0) is 24.6 Å². The highest BCUT2D eigenvalue weighted by molar-refractivity contribution is 6.31. The van der Waals surface area contributed by atoms with Crippen LogP contribution in [-0.2, 0) is 0 Å². The van der Waals surface area contributed by atoms with Gasteiger partial charge in [0.2, 0.25) is 0 Å². The highest BCUT2D eigenvalue weighted by Crippen LogP contribution is 2.30. The van der Waals surface area contributed by atoms with Crippen molar-refractivity contribution < 1.29 is 9.84 Å². The summed E-state index contributed by atoms with van der Waals surface area (Å²) in [5, 5.41) is 9.58. The van der Waals surface area contributed by atoms with Crippen LogP contribution in [-0.4, -0.2) is 24.9 Å². The van der Waals surface area contributed by atoms with E-state index < -0.39 is 12.1 Å². The van der Waals surface area contributed by atoms with Crippen LogP contribution in [0.2, 0.25) is 5.02 Å². The number of aliphatic hydroxyl groups is 1. The van der Waals surface area contributed by atoms with E-state index in [1.54, 1.807) is 13.2 Å². The highest BCUT2D eigenvalue weighted by atomic mass is 35.5. The number of benzene rings is 1. The smallest absolute Gasteiger partial charge is 0.124 e. The Balaban J connectivity index is 3.16. The number of aliphatic hydroxyl groups excluding tert-OH is 1. The van der Waals surface area contributed by atoms with Gasteiger partial charge in [0.25, 0.3) is 0 Å². The monoisotopic (exact) mass is 244 g/mol. The van der Waals surface area contributed by atoms with Gasteiger partial charge in [0, 0.05) is 16.6 Å². The van der Waals surface area contributed by atoms with E-state index >= 15 is 0 Å². The molecule has 5 heteroatoms. The zero-order valence-corrected chi connectivity index (χ0v) is 10.2. The molecule has 0 amide bonds. The Morgan fingerprint density at radius 1 is 1.44 bits per heavy atom. The van der Waals surface area contributed by atoms with Crippen LogP contribution in [0.1, 0.15) is 17.2 Å². The highest BCUT2D eigenvalue weighted by Gasteiger charge is 2.19. The van der Waals surface area contributed by atoms with Gasteiger partial charge in [-0.1, -0.05) is 11.6 Å². The van der Waals surface area contributed by atoms with E-state index in [4.69, 9.17) is 32.9 Å². The van der Waals surface area contributed by atoms with Gasteiger partial charge >= 0.3 is 0 Å². The molecule has 90 valence electrons. The van der Waals surface area contributed by atoms with Crippen LogP contribution in [0.15, 0.2) is 12.1 Å². The molecule has 0 saturated carbocycles. The molecule has 0 fully saturated rings. The second-order valence-electron chi connectivity index (χ2n) is 3.72. The molecule has 0 saturated heterocycles. The number of halogens is 1. The Morgan fingerprint density at radius 2 is 2.06 bits per heavy atom. The number of hydrogen-bond donors (Lipinski definition) is 3. The lowest BCUT2D eigenvalue weighted by Crippen LogP contribution is -2.37. The van der Waals surface area contributed by atoms with Crippen molar-refractivity contribution in [3.63, 3.8) is 0 Å². The molecule has 16 heavy (non-hydrogen) atoms. The van der Waals surface area contributed by atoms with Gasteiger partial charge in [-0.2, -0.15) is 0 Å². The predicted molar refractivity (Wildman–Crippen MR) is 64.7 cm³/mol. The molecule has 0 spiro atoms. The molecule has 0 aliphatic carbocycles. The summed E-state index contributed by atoms with van der Waals surface area (Å²) in [5.41, 5.74) is 13.2. The van der Waals surface area contributed by atoms with Crippen LogP contribution < -0.4 is 16.2 Å². The van der Waals surface area contributed by atoms with Crippen molar-refractivity contribution in [1.82, 2.24) is 0 Å². The van der Waals surface area contributed by atoms with E-state index in [1.807, 2.05) is 13.0 Å². The van der Waals surface area contributed by atoms with Gasteiger partial charge < -0.3 is 21.3 Å². The van der Waals surface area contributed by atoms with Crippen LogP contribution >= 0.6 is 11.6 Å². The summed E-state index contributed by atoms with van der Waals surface area (Å²) in [6.45, 7) is 1.70. The molecule has 0 aromatic heterocycles. The van der Waals surface area contributed by atoms with Crippen LogP contribution in [0.25, 0.3) is 0 Å². The van der Waals surface area contributed by atoms with E-state index in [-0.39, 0.29) is 6.61 Å². The maximum Gasteiger partial charge on any atom is 0.124 e. The molecule has 0 heterocycles. The average Bonchev–Trinajstić information content (AvgIpc) is 2.30. The third kappa shape index (κ3) is 2.65. The largest absolute Gasteiger partial charge is 0.496 e. The van der Waals surface area contributed by atoms with E-state index in [2.05, 4.69) is 0 Å². The number of nitrogens with two attached hydrogens (primary N) is 2. The Hall–Kier alpha value is -0.810. The zero-order chi connectivity index (χ0) is 12.3. The number of methoxy groups -OCH3 is 1. The molecule has 0 aliphatic heterocycles. The van der Waals surface area contributed by atoms with Crippen LogP contribution in [0, 0.1) is 6.92 Å². The molecular weight excluding hydrogens is 228 g/mol. The minimum atomic E-state index is -0.535. The van der Waals surface area contributed by atoms with Crippen molar-refractivity contribution in [2.45, 2.75) is 19.0 Å². The fraction of sp³-hybridized carbons (Fsp3) is 0.455. The van der Waals surface area contributed by atoms with Crippen molar-refractivity contribution in [3.05, 3.63) is 28.3 Å². The summed E-state index contributed by atoms with van der Waals surface area (Å²) in [6.07, 6.45) is 0. The van der Waals surface area contributed by atoms with Crippen LogP contribution in [0.5, 0.6) is 5.75 Å². The summed E-state index contributed by atoms with van der Waals surface area (Å²) in [7, 11) is 1.56. The van der Waals surface area contributed by atoms with Crippen molar-refractivity contribution in [2.24, 2.45) is 11.5 Å². The summed E-state index contributed by atoms with van der Waals surface area (Å²) < 4.78 is 5.22. The molecule has 2 atom stereocenters. The molecule has 0 radical (unpaired) electrons. The first kappa shape index (κ1) is 13.3. The van der Waals surface area contributed by atoms with Crippen molar-refractivity contribution >= 4 is 11.6 Å². The number of hydrogen-bond acceptors (Lipinski definition) is 4. The molecule has 0 bridgehead atoms. The first-order valence-corrected chi connectivity index (χ1v) is 5.35. The third-order valence-electron chi connectivity index (χ3n) is 2.54. The lowest BCUT2D eigenvalue weighted by molar-refractivity contribution is 0.248. The first-order chi connectivity index (χ1) is 7.51. The first-order valence-electron chi connectivity index (χ1n) is 4.97. The Morgan fingerprint density at radius 3 is 2.56 bits per heavy atom. The Bertz CT molecular complexity index is 371. The Labute approximate surface area is 100 Å². The molecule has 1 aromatic rings. The molecule has 5 N–H and O–H groups in total. The van der Waals surface area contributed by atoms with Gasteiger partial charge in [0.1, 0.15) is 5.75 Å². The van der Waals surface area contributed by atoms with Crippen molar-refractivity contribution in [2.75, 3.05) is 13.7 Å². The quantitative estimate of drug-likeness (QED) is 0.737. The summed E-state index contributed by atoms with van der Waals surface area (Å²) >= 11 is 6.02. The zero-order valence-electron chi connectivity index (χ0n) is 9.40. The molecule has 1 aromatic carbocycles. The minimum absolute atomic E-state index is 0.185. The normalized spacial score (nSPS) is 14.6. The predicted octanol–water partition coefficient (Wildman–Crippen LogP) is 0.976. The number of ether oxygens (including phenoxy) is 1. The second-order valence-corrected chi connectivity index (χ2v) is 4.12. The van der Waals surface area contributed by atoms with E-state index in [0.717, 1.165) is 5.56 Å². The van der Waals surface area contributed by atoms with Gasteiger partial charge in [0.15, 0.2) is 0 Å². The van der Waals surface area contributed by atoms with Crippen molar-refractivity contribution in [1.29, 1.82) is 0 Å². The van der Waals surface area contributed by atoms with E-state index in [0.29, 0.717) is 16.3 Å². The minimum Gasteiger partial charge on any atom is -0.496 e. The topological polar surface area (TPSA) is 81.5 Å². The fourth-order valence-corrected chi connectivity index (χ4v) is 1.62. The average molecular weight is 245 g/mol. The standard InChI is InChI=1S/C11H17ClN2O2/c1-6-3-10(16-2)7(4-8(6)12)11(14)9(13)5-15/h3-4,9,11,15H,5,13-14H2,1-2H3. The number of rotatable bonds is 4.